The summed E-state index contributed by atoms with van der Waals surface area (Å²) in [5.74, 6) is 2.21. The summed E-state index contributed by atoms with van der Waals surface area (Å²) in [5.41, 5.74) is 1.05. The van der Waals surface area contributed by atoms with Crippen LogP contribution >= 0.6 is 0 Å². The summed E-state index contributed by atoms with van der Waals surface area (Å²) in [5, 5.41) is 11.6. The van der Waals surface area contributed by atoms with E-state index in [0.29, 0.717) is 30.7 Å². The first kappa shape index (κ1) is 19.3. The first-order valence-electron chi connectivity index (χ1n) is 11.2. The highest BCUT2D eigenvalue weighted by Crippen LogP contribution is 2.39. The van der Waals surface area contributed by atoms with E-state index in [0.717, 1.165) is 43.7 Å². The molecule has 1 aromatic carbocycles. The van der Waals surface area contributed by atoms with Crippen LogP contribution in [0.3, 0.4) is 0 Å². The minimum absolute atomic E-state index is 0.189. The quantitative estimate of drug-likeness (QED) is 0.845. The molecule has 1 saturated heterocycles. The Morgan fingerprint density at radius 1 is 1.00 bits per heavy atom. The lowest BCUT2D eigenvalue weighted by Gasteiger charge is -2.26. The zero-order valence-corrected chi connectivity index (χ0v) is 17.3. The first-order valence-corrected chi connectivity index (χ1v) is 11.2. The van der Waals surface area contributed by atoms with Crippen LogP contribution in [0.5, 0.6) is 0 Å². The molecule has 2 amide bonds. The fourth-order valence-electron chi connectivity index (χ4n) is 5.37. The van der Waals surface area contributed by atoms with Crippen LogP contribution < -0.4 is 5.32 Å². The number of fused-ring (bicyclic) bond motifs is 3. The monoisotopic (exact) mass is 407 g/mol. The van der Waals surface area contributed by atoms with Crippen LogP contribution in [0.1, 0.15) is 66.4 Å². The van der Waals surface area contributed by atoms with Crippen LogP contribution in [-0.2, 0) is 17.9 Å². The van der Waals surface area contributed by atoms with E-state index in [1.54, 1.807) is 0 Å². The summed E-state index contributed by atoms with van der Waals surface area (Å²) in [6.07, 6.45) is 6.63. The molecule has 158 valence electrons. The number of carbonyl (C=O) groups is 2. The molecule has 1 saturated carbocycles. The number of likely N-dealkylation sites (tertiary alicyclic amines) is 1. The molecule has 0 unspecified atom stereocenters. The molecule has 1 aliphatic carbocycles. The van der Waals surface area contributed by atoms with Crippen LogP contribution in [0.2, 0.25) is 0 Å². The van der Waals surface area contributed by atoms with Gasteiger partial charge in [-0.15, -0.1) is 10.2 Å². The molecule has 5 rings (SSSR count). The van der Waals surface area contributed by atoms with Gasteiger partial charge in [0, 0.05) is 38.0 Å². The van der Waals surface area contributed by atoms with Crippen molar-refractivity contribution >= 4 is 11.8 Å². The molecule has 2 fully saturated rings. The van der Waals surface area contributed by atoms with Crippen molar-refractivity contribution in [2.75, 3.05) is 13.1 Å². The molecule has 0 bridgehead atoms. The molecule has 0 spiro atoms. The van der Waals surface area contributed by atoms with Gasteiger partial charge < -0.3 is 14.8 Å². The largest absolute Gasteiger partial charge is 0.345 e. The van der Waals surface area contributed by atoms with Crippen LogP contribution in [-0.4, -0.2) is 44.6 Å². The van der Waals surface area contributed by atoms with E-state index in [9.17, 15) is 9.59 Å². The smallest absolute Gasteiger partial charge is 0.289 e. The van der Waals surface area contributed by atoms with E-state index in [1.165, 1.54) is 19.3 Å². The van der Waals surface area contributed by atoms with Gasteiger partial charge in [0.05, 0.1) is 0 Å². The van der Waals surface area contributed by atoms with Crippen molar-refractivity contribution in [3.05, 3.63) is 47.5 Å². The van der Waals surface area contributed by atoms with E-state index in [1.807, 2.05) is 34.9 Å². The highest BCUT2D eigenvalue weighted by Gasteiger charge is 2.43. The molecule has 2 atom stereocenters. The number of nitrogens with zero attached hydrogens (tertiary/aromatic N) is 4. The summed E-state index contributed by atoms with van der Waals surface area (Å²) in [4.78, 5) is 27.8. The predicted octanol–water partition coefficient (Wildman–Crippen LogP) is 2.73. The number of rotatable bonds is 4. The fraction of sp³-hybridized carbons (Fsp3) is 0.565. The van der Waals surface area contributed by atoms with Gasteiger partial charge >= 0.3 is 0 Å². The van der Waals surface area contributed by atoms with Crippen LogP contribution in [0, 0.1) is 11.8 Å². The van der Waals surface area contributed by atoms with E-state index in [-0.39, 0.29) is 17.7 Å². The Morgan fingerprint density at radius 3 is 2.60 bits per heavy atom. The number of hydrogen-bond donors (Lipinski definition) is 1. The number of benzene rings is 1. The number of amides is 2. The summed E-state index contributed by atoms with van der Waals surface area (Å²) < 4.78 is 1.97. The van der Waals surface area contributed by atoms with Crippen molar-refractivity contribution in [1.82, 2.24) is 25.0 Å². The van der Waals surface area contributed by atoms with Gasteiger partial charge in [-0.1, -0.05) is 49.6 Å². The van der Waals surface area contributed by atoms with Crippen molar-refractivity contribution in [2.45, 2.75) is 57.5 Å². The minimum atomic E-state index is -0.191. The average molecular weight is 408 g/mol. The van der Waals surface area contributed by atoms with E-state index >= 15 is 0 Å². The maximum Gasteiger partial charge on any atom is 0.289 e. The standard InChI is InChI=1S/C23H29N5O2/c29-22(24-13-16-7-3-1-4-8-16)21-26-25-20-19-15-27(14-18(19)11-12-28(20)21)23(30)17-9-5-2-6-10-17/h1,3-4,7-8,17-19H,2,5-6,9-15H2,(H,24,29)/t18-,19-/m1/s1. The molecular formula is C23H29N5O2. The lowest BCUT2D eigenvalue weighted by atomic mass is 9.88. The zero-order chi connectivity index (χ0) is 20.5. The summed E-state index contributed by atoms with van der Waals surface area (Å²) in [7, 11) is 0. The molecule has 3 heterocycles. The number of hydrogen-bond acceptors (Lipinski definition) is 4. The second kappa shape index (κ2) is 8.20. The van der Waals surface area contributed by atoms with Crippen LogP contribution in [0.25, 0.3) is 0 Å². The van der Waals surface area contributed by atoms with Gasteiger partial charge in [0.2, 0.25) is 11.7 Å². The number of aromatic nitrogens is 3. The molecular weight excluding hydrogens is 378 g/mol. The minimum Gasteiger partial charge on any atom is -0.345 e. The molecule has 0 radical (unpaired) electrons. The second-order valence-electron chi connectivity index (χ2n) is 8.94. The van der Waals surface area contributed by atoms with Crippen molar-refractivity contribution in [3.8, 4) is 0 Å². The van der Waals surface area contributed by atoms with Crippen LogP contribution in [0.4, 0.5) is 0 Å². The Kier molecular flexibility index (Phi) is 5.27. The van der Waals surface area contributed by atoms with Gasteiger partial charge in [-0.05, 0) is 30.7 Å². The SMILES string of the molecule is O=C(NCc1ccccc1)c1nnc2n1CC[C@@H]1CN(C(=O)C3CCCCC3)C[C@@H]21. The maximum atomic E-state index is 13.0. The van der Waals surface area contributed by atoms with E-state index < -0.39 is 0 Å². The molecule has 7 heteroatoms. The normalized spacial score (nSPS) is 23.7. The highest BCUT2D eigenvalue weighted by atomic mass is 16.2. The summed E-state index contributed by atoms with van der Waals surface area (Å²) >= 11 is 0. The van der Waals surface area contributed by atoms with Gasteiger partial charge in [0.1, 0.15) is 5.82 Å². The molecule has 3 aliphatic rings. The zero-order valence-electron chi connectivity index (χ0n) is 17.3. The lowest BCUT2D eigenvalue weighted by molar-refractivity contribution is -0.135. The molecule has 1 N–H and O–H groups in total. The molecule has 2 aliphatic heterocycles. The topological polar surface area (TPSA) is 80.1 Å². The Balaban J connectivity index is 1.27. The van der Waals surface area contributed by atoms with Gasteiger partial charge in [0.15, 0.2) is 0 Å². The van der Waals surface area contributed by atoms with Gasteiger partial charge in [-0.2, -0.15) is 0 Å². The lowest BCUT2D eigenvalue weighted by Crippen LogP contribution is -2.35. The van der Waals surface area contributed by atoms with Gasteiger partial charge in [0.25, 0.3) is 5.91 Å². The average Bonchev–Trinajstić information content (AvgIpc) is 3.42. The Labute approximate surface area is 176 Å². The van der Waals surface area contributed by atoms with Gasteiger partial charge in [-0.25, -0.2) is 0 Å². The third kappa shape index (κ3) is 3.61. The maximum absolute atomic E-state index is 13.0. The Bertz CT molecular complexity index is 919. The van der Waals surface area contributed by atoms with Crippen LogP contribution in [0.15, 0.2) is 30.3 Å². The van der Waals surface area contributed by atoms with Gasteiger partial charge in [-0.3, -0.25) is 9.59 Å². The second-order valence-corrected chi connectivity index (χ2v) is 8.94. The molecule has 2 aromatic rings. The third-order valence-electron chi connectivity index (χ3n) is 7.04. The fourth-order valence-corrected chi connectivity index (χ4v) is 5.37. The molecule has 1 aromatic heterocycles. The third-order valence-corrected chi connectivity index (χ3v) is 7.04. The highest BCUT2D eigenvalue weighted by molar-refractivity contribution is 5.90. The first-order chi connectivity index (χ1) is 14.7. The number of nitrogens with one attached hydrogen (secondary N) is 1. The van der Waals surface area contributed by atoms with Crippen molar-refractivity contribution < 1.29 is 9.59 Å². The van der Waals surface area contributed by atoms with Crippen molar-refractivity contribution in [2.24, 2.45) is 11.8 Å². The molecule has 30 heavy (non-hydrogen) atoms. The Hall–Kier alpha value is -2.70. The van der Waals surface area contributed by atoms with E-state index in [2.05, 4.69) is 20.4 Å². The molecule has 7 nitrogen and oxygen atoms in total. The summed E-state index contributed by atoms with van der Waals surface area (Å²) in [6, 6.07) is 9.85. The van der Waals surface area contributed by atoms with Crippen molar-refractivity contribution in [3.63, 3.8) is 0 Å². The Morgan fingerprint density at radius 2 is 1.80 bits per heavy atom. The van der Waals surface area contributed by atoms with E-state index in [4.69, 9.17) is 0 Å². The summed E-state index contributed by atoms with van der Waals surface area (Å²) in [6.45, 7) is 2.74. The predicted molar refractivity (Wildman–Crippen MR) is 112 cm³/mol. The number of carbonyl (C=O) groups excluding carboxylic acids is 2. The van der Waals surface area contributed by atoms with Crippen molar-refractivity contribution in [1.29, 1.82) is 0 Å².